The standard InChI is InChI=1S/C28H27N5/c1-19(2)21-8-10-22(11-9-21)26-25-16-33(15-20-6-4-3-5-7-20)13-12-23(25)24(14-29)27(32)28(26,17-30)18-31/h3-12,19,24-26,32H,13,15-16H2,1-2H3/p+1/t24-,25-,26+/m0/s1. The Kier molecular flexibility index (Phi) is 6.15. The Hall–Kier alpha value is -3.72. The van der Waals surface area contributed by atoms with Gasteiger partial charge in [-0.3, -0.25) is 0 Å². The molecular formula is C28H28N5+. The Bertz CT molecular complexity index is 1170. The molecule has 0 radical (unpaired) electrons. The van der Waals surface area contributed by atoms with E-state index in [2.05, 4.69) is 62.4 Å². The lowest BCUT2D eigenvalue weighted by Gasteiger charge is -2.46. The highest BCUT2D eigenvalue weighted by atomic mass is 15.1. The average Bonchev–Trinajstić information content (AvgIpc) is 2.84. The lowest BCUT2D eigenvalue weighted by Crippen LogP contribution is -3.12. The normalized spacial score (nSPS) is 25.8. The van der Waals surface area contributed by atoms with Crippen LogP contribution in [-0.4, -0.2) is 18.8 Å². The van der Waals surface area contributed by atoms with E-state index in [4.69, 9.17) is 5.41 Å². The molecule has 2 aromatic carbocycles. The van der Waals surface area contributed by atoms with Crippen molar-refractivity contribution in [3.05, 3.63) is 82.9 Å². The summed E-state index contributed by atoms with van der Waals surface area (Å²) in [4.78, 5) is 1.33. The van der Waals surface area contributed by atoms with E-state index >= 15 is 0 Å². The molecule has 1 saturated carbocycles. The molecule has 1 heterocycles. The van der Waals surface area contributed by atoms with Crippen LogP contribution in [0.4, 0.5) is 0 Å². The molecule has 0 bridgehead atoms. The Labute approximate surface area is 195 Å². The van der Waals surface area contributed by atoms with Crippen LogP contribution in [0.5, 0.6) is 0 Å². The molecule has 4 atom stereocenters. The van der Waals surface area contributed by atoms with E-state index in [1.54, 1.807) is 0 Å². The number of nitrogens with zero attached hydrogens (tertiary/aromatic N) is 3. The number of nitrogens with one attached hydrogen (secondary N) is 2. The predicted octanol–water partition coefficient (Wildman–Crippen LogP) is 3.74. The molecule has 2 N–H and O–H groups in total. The summed E-state index contributed by atoms with van der Waals surface area (Å²) in [6.45, 7) is 6.57. The van der Waals surface area contributed by atoms with Gasteiger partial charge in [0.1, 0.15) is 12.5 Å². The zero-order valence-electron chi connectivity index (χ0n) is 19.0. The predicted molar refractivity (Wildman–Crippen MR) is 126 cm³/mol. The highest BCUT2D eigenvalue weighted by Gasteiger charge is 2.58. The van der Waals surface area contributed by atoms with E-state index in [-0.39, 0.29) is 11.6 Å². The molecule has 1 fully saturated rings. The maximum Gasteiger partial charge on any atom is 0.189 e. The van der Waals surface area contributed by atoms with Crippen LogP contribution in [0.25, 0.3) is 0 Å². The molecule has 1 aliphatic carbocycles. The minimum absolute atomic E-state index is 0.0815. The van der Waals surface area contributed by atoms with Gasteiger partial charge in [-0.25, -0.2) is 0 Å². The summed E-state index contributed by atoms with van der Waals surface area (Å²) >= 11 is 0. The van der Waals surface area contributed by atoms with E-state index in [0.717, 1.165) is 24.2 Å². The van der Waals surface area contributed by atoms with Gasteiger partial charge in [0.25, 0.3) is 0 Å². The third-order valence-electron chi connectivity index (χ3n) is 7.22. The first kappa shape index (κ1) is 22.5. The van der Waals surface area contributed by atoms with Crippen LogP contribution in [0.15, 0.2) is 66.2 Å². The van der Waals surface area contributed by atoms with Gasteiger partial charge in [-0.1, -0.05) is 68.4 Å². The summed E-state index contributed by atoms with van der Waals surface area (Å²) in [5.74, 6) is -1.08. The number of fused-ring (bicyclic) bond motifs is 1. The minimum atomic E-state index is -1.66. The van der Waals surface area contributed by atoms with Crippen LogP contribution < -0.4 is 4.90 Å². The number of rotatable bonds is 4. The van der Waals surface area contributed by atoms with Gasteiger partial charge in [0.2, 0.25) is 0 Å². The molecule has 5 nitrogen and oxygen atoms in total. The van der Waals surface area contributed by atoms with Gasteiger partial charge in [0, 0.05) is 17.4 Å². The molecule has 1 aliphatic heterocycles. The zero-order valence-corrected chi connectivity index (χ0v) is 19.0. The van der Waals surface area contributed by atoms with Gasteiger partial charge in [-0.2, -0.15) is 15.8 Å². The molecule has 2 aromatic rings. The molecular weight excluding hydrogens is 406 g/mol. The Balaban J connectivity index is 1.80. The van der Waals surface area contributed by atoms with Gasteiger partial charge in [-0.05, 0) is 28.7 Å². The fourth-order valence-electron chi connectivity index (χ4n) is 5.45. The second kappa shape index (κ2) is 9.03. The SMILES string of the molecule is CC(C)c1ccc([C@@H]2[C@H]3C[NH+](Cc4ccccc4)CC=C3[C@H](C#N)C(=N)C2(C#N)C#N)cc1. The summed E-state index contributed by atoms with van der Waals surface area (Å²) < 4.78 is 0. The van der Waals surface area contributed by atoms with Crippen molar-refractivity contribution in [3.63, 3.8) is 0 Å². The van der Waals surface area contributed by atoms with Crippen LogP contribution in [-0.2, 0) is 6.54 Å². The monoisotopic (exact) mass is 434 g/mol. The van der Waals surface area contributed by atoms with Crippen molar-refractivity contribution >= 4 is 5.71 Å². The van der Waals surface area contributed by atoms with Crippen LogP contribution in [0, 0.1) is 56.7 Å². The van der Waals surface area contributed by atoms with Crippen LogP contribution >= 0.6 is 0 Å². The molecule has 164 valence electrons. The largest absolute Gasteiger partial charge is 0.327 e. The number of nitriles is 3. The van der Waals surface area contributed by atoms with E-state index in [0.29, 0.717) is 12.5 Å². The van der Waals surface area contributed by atoms with E-state index < -0.39 is 17.3 Å². The van der Waals surface area contributed by atoms with Crippen molar-refractivity contribution in [1.82, 2.24) is 0 Å². The van der Waals surface area contributed by atoms with E-state index in [1.165, 1.54) is 16.0 Å². The van der Waals surface area contributed by atoms with Gasteiger partial charge >= 0.3 is 0 Å². The molecule has 0 aromatic heterocycles. The summed E-state index contributed by atoms with van der Waals surface area (Å²) in [6.07, 6.45) is 2.09. The molecule has 0 amide bonds. The topological polar surface area (TPSA) is 99.7 Å². The number of quaternary nitrogens is 1. The number of hydrogen-bond donors (Lipinski definition) is 2. The number of hydrogen-bond acceptors (Lipinski definition) is 4. The van der Waals surface area contributed by atoms with Gasteiger partial charge in [0.05, 0.1) is 37.0 Å². The second-order valence-electron chi connectivity index (χ2n) is 9.44. The highest BCUT2D eigenvalue weighted by molar-refractivity contribution is 6.00. The fraction of sp³-hybridized carbons (Fsp3) is 0.357. The van der Waals surface area contributed by atoms with E-state index in [1.807, 2.05) is 30.3 Å². The number of benzene rings is 2. The van der Waals surface area contributed by atoms with Crippen LogP contribution in [0.3, 0.4) is 0 Å². The Morgan fingerprint density at radius 1 is 1.03 bits per heavy atom. The van der Waals surface area contributed by atoms with Crippen molar-refractivity contribution in [2.45, 2.75) is 32.2 Å². The van der Waals surface area contributed by atoms with Crippen molar-refractivity contribution in [2.75, 3.05) is 13.1 Å². The second-order valence-corrected chi connectivity index (χ2v) is 9.44. The molecule has 4 rings (SSSR count). The lowest BCUT2D eigenvalue weighted by molar-refractivity contribution is -0.913. The first-order valence-corrected chi connectivity index (χ1v) is 11.4. The first-order valence-electron chi connectivity index (χ1n) is 11.4. The highest BCUT2D eigenvalue weighted by Crippen LogP contribution is 2.52. The third kappa shape index (κ3) is 3.84. The van der Waals surface area contributed by atoms with Crippen molar-refractivity contribution in [2.24, 2.45) is 17.3 Å². The molecule has 0 spiro atoms. The summed E-state index contributed by atoms with van der Waals surface area (Å²) in [7, 11) is 0. The quantitative estimate of drug-likeness (QED) is 0.717. The minimum Gasteiger partial charge on any atom is -0.327 e. The molecule has 5 heteroatoms. The molecule has 33 heavy (non-hydrogen) atoms. The summed E-state index contributed by atoms with van der Waals surface area (Å²) in [5.41, 5.74) is 2.47. The first-order chi connectivity index (χ1) is 15.9. The smallest absolute Gasteiger partial charge is 0.189 e. The van der Waals surface area contributed by atoms with Crippen molar-refractivity contribution in [1.29, 1.82) is 21.2 Å². The van der Waals surface area contributed by atoms with Gasteiger partial charge < -0.3 is 10.3 Å². The maximum atomic E-state index is 10.2. The fourth-order valence-corrected chi connectivity index (χ4v) is 5.45. The van der Waals surface area contributed by atoms with Gasteiger partial charge in [0.15, 0.2) is 5.41 Å². The van der Waals surface area contributed by atoms with Crippen LogP contribution in [0.2, 0.25) is 0 Å². The zero-order chi connectivity index (χ0) is 23.6. The molecule has 1 unspecified atom stereocenters. The van der Waals surface area contributed by atoms with Crippen molar-refractivity contribution < 1.29 is 4.90 Å². The average molecular weight is 435 g/mol. The molecule has 0 saturated heterocycles. The van der Waals surface area contributed by atoms with Gasteiger partial charge in [-0.15, -0.1) is 0 Å². The lowest BCUT2D eigenvalue weighted by atomic mass is 9.54. The summed E-state index contributed by atoms with van der Waals surface area (Å²) in [6, 6.07) is 25.0. The van der Waals surface area contributed by atoms with Crippen molar-refractivity contribution in [3.8, 4) is 18.2 Å². The van der Waals surface area contributed by atoms with E-state index in [9.17, 15) is 15.8 Å². The third-order valence-corrected chi connectivity index (χ3v) is 7.22. The maximum absolute atomic E-state index is 10.2. The molecule has 2 aliphatic rings. The Morgan fingerprint density at radius 2 is 1.70 bits per heavy atom. The summed E-state index contributed by atoms with van der Waals surface area (Å²) in [5, 5.41) is 39.2. The Morgan fingerprint density at radius 3 is 2.27 bits per heavy atom. The van der Waals surface area contributed by atoms with Crippen LogP contribution in [0.1, 0.15) is 42.4 Å².